The van der Waals surface area contributed by atoms with Crippen LogP contribution in [0.5, 0.6) is 0 Å². The lowest BCUT2D eigenvalue weighted by Gasteiger charge is -2.24. The molecule has 4 aromatic rings. The normalized spacial score (nSPS) is 11.2. The molecule has 0 aliphatic heterocycles. The van der Waals surface area contributed by atoms with E-state index in [-0.39, 0.29) is 6.10 Å². The van der Waals surface area contributed by atoms with E-state index in [1.165, 1.54) is 16.7 Å². The van der Waals surface area contributed by atoms with Gasteiger partial charge in [0.1, 0.15) is 5.82 Å². The van der Waals surface area contributed by atoms with Gasteiger partial charge in [0.05, 0.1) is 5.56 Å². The summed E-state index contributed by atoms with van der Waals surface area (Å²) in [6.45, 7) is 8.80. The quantitative estimate of drug-likeness (QED) is 0.247. The molecule has 0 bridgehead atoms. The third-order valence-corrected chi connectivity index (χ3v) is 6.21. The van der Waals surface area contributed by atoms with Crippen LogP contribution in [0.4, 0.5) is 19.0 Å². The monoisotopic (exact) mass is 534 g/mol. The van der Waals surface area contributed by atoms with Gasteiger partial charge < -0.3 is 10.0 Å². The van der Waals surface area contributed by atoms with Crippen LogP contribution in [-0.4, -0.2) is 22.7 Å². The van der Waals surface area contributed by atoms with E-state index in [4.69, 9.17) is 10.1 Å². The highest BCUT2D eigenvalue weighted by Gasteiger charge is 2.30. The predicted octanol–water partition coefficient (Wildman–Crippen LogP) is 8.27. The van der Waals surface area contributed by atoms with Gasteiger partial charge in [-0.25, -0.2) is 4.98 Å². The van der Waals surface area contributed by atoms with Gasteiger partial charge in [0.25, 0.3) is 0 Å². The molecule has 0 saturated heterocycles. The maximum Gasteiger partial charge on any atom is 0.416 e. The summed E-state index contributed by atoms with van der Waals surface area (Å²) in [6.07, 6.45) is -0.835. The second kappa shape index (κ2) is 13.9. The average molecular weight is 535 g/mol. The van der Waals surface area contributed by atoms with Gasteiger partial charge in [-0.15, -0.1) is 0 Å². The summed E-state index contributed by atoms with van der Waals surface area (Å²) in [7, 11) is 0. The molecular formula is C33H37F3N2O. The number of pyridine rings is 1. The van der Waals surface area contributed by atoms with E-state index in [1.807, 2.05) is 12.3 Å². The number of hydrogen-bond acceptors (Lipinski definition) is 3. The highest BCUT2D eigenvalue weighted by Crippen LogP contribution is 2.29. The molecule has 0 aliphatic carbocycles. The zero-order valence-electron chi connectivity index (χ0n) is 23.0. The van der Waals surface area contributed by atoms with Gasteiger partial charge in [-0.3, -0.25) is 0 Å². The van der Waals surface area contributed by atoms with Crippen molar-refractivity contribution in [3.63, 3.8) is 0 Å². The fourth-order valence-electron chi connectivity index (χ4n) is 3.99. The molecule has 206 valence electrons. The minimum Gasteiger partial charge on any atom is -0.394 e. The Morgan fingerprint density at radius 3 is 1.82 bits per heavy atom. The molecule has 1 heterocycles. The molecule has 3 nitrogen and oxygen atoms in total. The fraction of sp³-hybridized carbons (Fsp3) is 0.303. The summed E-state index contributed by atoms with van der Waals surface area (Å²) in [6, 6.07) is 26.3. The van der Waals surface area contributed by atoms with Crippen LogP contribution < -0.4 is 4.90 Å². The second-order valence-corrected chi connectivity index (χ2v) is 9.90. The Morgan fingerprint density at radius 2 is 1.31 bits per heavy atom. The van der Waals surface area contributed by atoms with Crippen LogP contribution in [0.15, 0.2) is 91.1 Å². The topological polar surface area (TPSA) is 36.4 Å². The van der Waals surface area contributed by atoms with E-state index < -0.39 is 11.7 Å². The van der Waals surface area contributed by atoms with Crippen molar-refractivity contribution < 1.29 is 18.3 Å². The third kappa shape index (κ3) is 9.56. The van der Waals surface area contributed by atoms with E-state index in [0.29, 0.717) is 13.1 Å². The van der Waals surface area contributed by atoms with Gasteiger partial charge in [0.15, 0.2) is 0 Å². The number of aliphatic hydroxyl groups is 1. The Hall–Kier alpha value is -3.64. The Morgan fingerprint density at radius 1 is 0.769 bits per heavy atom. The molecule has 6 heteroatoms. The first-order valence-corrected chi connectivity index (χ1v) is 13.2. The molecule has 3 aromatic carbocycles. The SMILES string of the molecule is CC(C)O.CCc1ccc(-c2ccc(N(CCc3ccc(C)cc3)Cc3ccc(C(F)(F)F)cc3)nc2)cc1. The van der Waals surface area contributed by atoms with Crippen molar-refractivity contribution in [1.29, 1.82) is 0 Å². The Bertz CT molecular complexity index is 1260. The molecular weight excluding hydrogens is 497 g/mol. The molecule has 4 rings (SSSR count). The molecule has 0 spiro atoms. The molecule has 1 aromatic heterocycles. The van der Waals surface area contributed by atoms with Crippen molar-refractivity contribution in [2.24, 2.45) is 0 Å². The summed E-state index contributed by atoms with van der Waals surface area (Å²) in [4.78, 5) is 6.84. The molecule has 1 N–H and O–H groups in total. The van der Waals surface area contributed by atoms with Crippen LogP contribution in [0.1, 0.15) is 48.6 Å². The molecule has 39 heavy (non-hydrogen) atoms. The zero-order chi connectivity index (χ0) is 28.4. The number of nitrogens with zero attached hydrogens (tertiary/aromatic N) is 2. The minimum absolute atomic E-state index is 0.167. The van der Waals surface area contributed by atoms with Gasteiger partial charge in [0.2, 0.25) is 0 Å². The molecule has 0 fully saturated rings. The zero-order valence-corrected chi connectivity index (χ0v) is 23.0. The first-order valence-electron chi connectivity index (χ1n) is 13.2. The highest BCUT2D eigenvalue weighted by atomic mass is 19.4. The predicted molar refractivity (Wildman–Crippen MR) is 154 cm³/mol. The Labute approximate surface area is 230 Å². The number of aryl methyl sites for hydroxylation is 2. The van der Waals surface area contributed by atoms with Crippen molar-refractivity contribution in [2.45, 2.75) is 59.4 Å². The smallest absolute Gasteiger partial charge is 0.394 e. The van der Waals surface area contributed by atoms with E-state index >= 15 is 0 Å². The van der Waals surface area contributed by atoms with Crippen LogP contribution in [0.3, 0.4) is 0 Å². The first kappa shape index (κ1) is 29.9. The maximum atomic E-state index is 13.0. The number of rotatable bonds is 8. The lowest BCUT2D eigenvalue weighted by atomic mass is 10.0. The van der Waals surface area contributed by atoms with Gasteiger partial charge in [-0.1, -0.05) is 73.2 Å². The number of hydrogen-bond donors (Lipinski definition) is 1. The number of aromatic nitrogens is 1. The van der Waals surface area contributed by atoms with E-state index in [9.17, 15) is 13.2 Å². The van der Waals surface area contributed by atoms with Gasteiger partial charge >= 0.3 is 6.18 Å². The van der Waals surface area contributed by atoms with Crippen LogP contribution in [-0.2, 0) is 25.6 Å². The minimum atomic E-state index is -4.34. The van der Waals surface area contributed by atoms with Gasteiger partial charge in [0, 0.05) is 31.0 Å². The van der Waals surface area contributed by atoms with Gasteiger partial charge in [-0.2, -0.15) is 13.2 Å². The molecule has 0 aliphatic rings. The van der Waals surface area contributed by atoms with Crippen LogP contribution in [0.25, 0.3) is 11.1 Å². The summed E-state index contributed by atoms with van der Waals surface area (Å²) in [5, 5.41) is 8.06. The lowest BCUT2D eigenvalue weighted by Crippen LogP contribution is -2.26. The van der Waals surface area contributed by atoms with Crippen molar-refractivity contribution in [2.75, 3.05) is 11.4 Å². The summed E-state index contributed by atoms with van der Waals surface area (Å²) in [5.74, 6) is 0.797. The largest absolute Gasteiger partial charge is 0.416 e. The number of benzene rings is 3. The number of aliphatic hydroxyl groups excluding tert-OH is 1. The van der Waals surface area contributed by atoms with E-state index in [2.05, 4.69) is 73.3 Å². The second-order valence-electron chi connectivity index (χ2n) is 9.90. The van der Waals surface area contributed by atoms with E-state index in [0.717, 1.165) is 47.5 Å². The Kier molecular flexibility index (Phi) is 10.7. The van der Waals surface area contributed by atoms with Crippen molar-refractivity contribution >= 4 is 5.82 Å². The van der Waals surface area contributed by atoms with Crippen molar-refractivity contribution in [3.8, 4) is 11.1 Å². The molecule has 0 saturated carbocycles. The Balaban J connectivity index is 0.000000983. The number of alkyl halides is 3. The number of anilines is 1. The van der Waals surface area contributed by atoms with Gasteiger partial charge in [-0.05, 0) is 80.1 Å². The average Bonchev–Trinajstić information content (AvgIpc) is 2.91. The first-order chi connectivity index (χ1) is 18.5. The van der Waals surface area contributed by atoms with Crippen LogP contribution in [0.2, 0.25) is 0 Å². The summed E-state index contributed by atoms with van der Waals surface area (Å²) < 4.78 is 39.0. The molecule has 0 radical (unpaired) electrons. The summed E-state index contributed by atoms with van der Waals surface area (Å²) in [5.41, 5.74) is 6.02. The van der Waals surface area contributed by atoms with Crippen LogP contribution in [0, 0.1) is 6.92 Å². The molecule has 0 amide bonds. The molecule has 0 unspecified atom stereocenters. The van der Waals surface area contributed by atoms with Crippen LogP contribution >= 0.6 is 0 Å². The van der Waals surface area contributed by atoms with E-state index in [1.54, 1.807) is 26.0 Å². The third-order valence-electron chi connectivity index (χ3n) is 6.21. The standard InChI is InChI=1S/C30H29F3N2.C3H8O/c1-3-23-8-12-26(13-9-23)27-14-17-29(34-20-27)35(19-18-24-6-4-22(2)5-7-24)21-25-10-15-28(16-11-25)30(31,32)33;1-3(2)4/h4-17,20H,3,18-19,21H2,1-2H3;3-4H,1-2H3. The highest BCUT2D eigenvalue weighted by molar-refractivity contribution is 5.64. The van der Waals surface area contributed by atoms with Crippen molar-refractivity contribution in [1.82, 2.24) is 4.98 Å². The fourth-order valence-corrected chi connectivity index (χ4v) is 3.99. The maximum absolute atomic E-state index is 13.0. The summed E-state index contributed by atoms with van der Waals surface area (Å²) >= 11 is 0. The number of halogens is 3. The lowest BCUT2D eigenvalue weighted by molar-refractivity contribution is -0.137. The molecule has 0 atom stereocenters. The van der Waals surface area contributed by atoms with Crippen molar-refractivity contribution in [3.05, 3.63) is 119 Å².